The van der Waals surface area contributed by atoms with Gasteiger partial charge in [-0.2, -0.15) is 5.26 Å². The molecule has 1 heterocycles. The minimum absolute atomic E-state index is 0.0364. The lowest BCUT2D eigenvalue weighted by atomic mass is 10.2. The molecule has 0 N–H and O–H groups in total. The summed E-state index contributed by atoms with van der Waals surface area (Å²) in [6, 6.07) is 16.6. The first kappa shape index (κ1) is 10.8. The zero-order valence-electron chi connectivity index (χ0n) is 9.33. The van der Waals surface area contributed by atoms with E-state index < -0.39 is 0 Å². The smallest absolute Gasteiger partial charge is 0.267 e. The van der Waals surface area contributed by atoms with Crippen molar-refractivity contribution < 1.29 is 0 Å². The van der Waals surface area contributed by atoms with Gasteiger partial charge >= 0.3 is 0 Å². The highest BCUT2D eigenvalue weighted by Gasteiger charge is 2.08. The molecular weight excluding hydrogens is 244 g/mol. The Kier molecular flexibility index (Phi) is 2.47. The van der Waals surface area contributed by atoms with Crippen LogP contribution in [0.3, 0.4) is 0 Å². The minimum atomic E-state index is -0.0364. The number of rotatable bonds is 1. The lowest BCUT2D eigenvalue weighted by Gasteiger charge is -1.99. The van der Waals surface area contributed by atoms with Crippen LogP contribution >= 0.6 is 11.5 Å². The summed E-state index contributed by atoms with van der Waals surface area (Å²) in [5, 5.41) is 9.60. The molecule has 2 aromatic carbocycles. The molecular formula is C14H8N2OS. The highest BCUT2D eigenvalue weighted by atomic mass is 32.1. The SMILES string of the molecule is N#Cc1cccc(-n2sc3ccccc3c2=O)c1. The van der Waals surface area contributed by atoms with Gasteiger partial charge in [0.15, 0.2) is 0 Å². The molecule has 0 saturated heterocycles. The van der Waals surface area contributed by atoms with Gasteiger partial charge < -0.3 is 0 Å². The van der Waals surface area contributed by atoms with E-state index in [0.29, 0.717) is 10.9 Å². The van der Waals surface area contributed by atoms with Gasteiger partial charge in [0.05, 0.1) is 27.4 Å². The van der Waals surface area contributed by atoms with Gasteiger partial charge in [0, 0.05) is 0 Å². The van der Waals surface area contributed by atoms with Crippen molar-refractivity contribution in [3.8, 4) is 11.8 Å². The predicted molar refractivity (Wildman–Crippen MR) is 72.1 cm³/mol. The van der Waals surface area contributed by atoms with Gasteiger partial charge in [0.2, 0.25) is 0 Å². The van der Waals surface area contributed by atoms with E-state index >= 15 is 0 Å². The standard InChI is InChI=1S/C14H8N2OS/c15-9-10-4-3-5-11(8-10)16-14(17)12-6-1-2-7-13(12)18-16/h1-8H. The molecule has 3 aromatic rings. The highest BCUT2D eigenvalue weighted by molar-refractivity contribution is 7.14. The van der Waals surface area contributed by atoms with Crippen LogP contribution in [-0.4, -0.2) is 3.96 Å². The van der Waals surface area contributed by atoms with E-state index in [1.165, 1.54) is 11.5 Å². The lowest BCUT2D eigenvalue weighted by Crippen LogP contribution is -2.10. The summed E-state index contributed by atoms with van der Waals surface area (Å²) in [6.45, 7) is 0. The maximum absolute atomic E-state index is 12.2. The number of aromatic nitrogens is 1. The van der Waals surface area contributed by atoms with Gasteiger partial charge in [-0.05, 0) is 30.3 Å². The molecule has 0 unspecified atom stereocenters. The van der Waals surface area contributed by atoms with Crippen LogP contribution < -0.4 is 5.56 Å². The summed E-state index contributed by atoms with van der Waals surface area (Å²) in [5.41, 5.74) is 1.25. The lowest BCUT2D eigenvalue weighted by molar-refractivity contribution is 1.14. The maximum atomic E-state index is 12.2. The molecule has 0 atom stereocenters. The van der Waals surface area contributed by atoms with Crippen LogP contribution in [0.1, 0.15) is 5.56 Å². The van der Waals surface area contributed by atoms with E-state index in [9.17, 15) is 4.79 Å². The molecule has 0 spiro atoms. The van der Waals surface area contributed by atoms with Crippen molar-refractivity contribution in [2.24, 2.45) is 0 Å². The Labute approximate surface area is 107 Å². The van der Waals surface area contributed by atoms with Crippen molar-refractivity contribution in [3.63, 3.8) is 0 Å². The molecule has 1 aromatic heterocycles. The normalized spacial score (nSPS) is 10.4. The number of benzene rings is 2. The van der Waals surface area contributed by atoms with Gasteiger partial charge in [-0.1, -0.05) is 29.7 Å². The third-order valence-corrected chi connectivity index (χ3v) is 3.81. The van der Waals surface area contributed by atoms with Crippen LogP contribution in [-0.2, 0) is 0 Å². The average molecular weight is 252 g/mol. The molecule has 18 heavy (non-hydrogen) atoms. The van der Waals surface area contributed by atoms with Gasteiger partial charge in [-0.15, -0.1) is 0 Å². The topological polar surface area (TPSA) is 45.8 Å². The second-order valence-electron chi connectivity index (χ2n) is 3.85. The molecule has 3 nitrogen and oxygen atoms in total. The second-order valence-corrected chi connectivity index (χ2v) is 4.84. The third-order valence-electron chi connectivity index (χ3n) is 2.70. The number of nitriles is 1. The van der Waals surface area contributed by atoms with Gasteiger partial charge in [-0.25, -0.2) is 3.96 Å². The quantitative estimate of drug-likeness (QED) is 0.668. The molecule has 0 radical (unpaired) electrons. The fourth-order valence-electron chi connectivity index (χ4n) is 1.84. The molecule has 0 aliphatic heterocycles. The number of hydrogen-bond acceptors (Lipinski definition) is 3. The molecule has 0 saturated carbocycles. The third kappa shape index (κ3) is 1.62. The van der Waals surface area contributed by atoms with Crippen LogP contribution in [0.5, 0.6) is 0 Å². The van der Waals surface area contributed by atoms with Crippen molar-refractivity contribution in [2.75, 3.05) is 0 Å². The van der Waals surface area contributed by atoms with Crippen LogP contribution in [0.4, 0.5) is 0 Å². The fourth-order valence-corrected chi connectivity index (χ4v) is 2.83. The summed E-state index contributed by atoms with van der Waals surface area (Å²) in [7, 11) is 0. The summed E-state index contributed by atoms with van der Waals surface area (Å²) in [5.74, 6) is 0. The molecule has 86 valence electrons. The Morgan fingerprint density at radius 2 is 1.94 bits per heavy atom. The van der Waals surface area contributed by atoms with E-state index in [4.69, 9.17) is 5.26 Å². The van der Waals surface area contributed by atoms with E-state index in [-0.39, 0.29) is 5.56 Å². The number of hydrogen-bond donors (Lipinski definition) is 0. The van der Waals surface area contributed by atoms with E-state index in [1.54, 1.807) is 22.2 Å². The summed E-state index contributed by atoms with van der Waals surface area (Å²) in [6.07, 6.45) is 0. The Hall–Kier alpha value is -2.38. The van der Waals surface area contributed by atoms with Gasteiger partial charge in [0.1, 0.15) is 0 Å². The highest BCUT2D eigenvalue weighted by Crippen LogP contribution is 2.20. The molecule has 0 aliphatic rings. The maximum Gasteiger partial charge on any atom is 0.273 e. The van der Waals surface area contributed by atoms with Crippen molar-refractivity contribution in [2.45, 2.75) is 0 Å². The van der Waals surface area contributed by atoms with E-state index in [1.807, 2.05) is 30.3 Å². The zero-order chi connectivity index (χ0) is 12.5. The van der Waals surface area contributed by atoms with Crippen molar-refractivity contribution in [1.29, 1.82) is 5.26 Å². The number of fused-ring (bicyclic) bond motifs is 1. The zero-order valence-corrected chi connectivity index (χ0v) is 10.1. The van der Waals surface area contributed by atoms with Gasteiger partial charge in [0.25, 0.3) is 5.56 Å². The average Bonchev–Trinajstić information content (AvgIpc) is 2.77. The molecule has 0 aliphatic carbocycles. The summed E-state index contributed by atoms with van der Waals surface area (Å²) < 4.78 is 2.57. The molecule has 0 fully saturated rings. The first-order chi connectivity index (χ1) is 8.79. The van der Waals surface area contributed by atoms with Crippen molar-refractivity contribution in [3.05, 3.63) is 64.4 Å². The molecule has 4 heteroatoms. The van der Waals surface area contributed by atoms with Crippen LogP contribution in [0.15, 0.2) is 53.3 Å². The van der Waals surface area contributed by atoms with Crippen LogP contribution in [0.2, 0.25) is 0 Å². The van der Waals surface area contributed by atoms with Crippen LogP contribution in [0, 0.1) is 11.3 Å². The minimum Gasteiger partial charge on any atom is -0.267 e. The molecule has 3 rings (SSSR count). The Bertz CT molecular complexity index is 823. The van der Waals surface area contributed by atoms with E-state index in [0.717, 1.165) is 10.4 Å². The Balaban J connectivity index is 2.29. The summed E-state index contributed by atoms with van der Waals surface area (Å²) in [4.78, 5) is 12.2. The van der Waals surface area contributed by atoms with Gasteiger partial charge in [-0.3, -0.25) is 4.79 Å². The first-order valence-corrected chi connectivity index (χ1v) is 6.18. The molecule has 0 amide bonds. The van der Waals surface area contributed by atoms with E-state index in [2.05, 4.69) is 6.07 Å². The first-order valence-electron chi connectivity index (χ1n) is 5.41. The Morgan fingerprint density at radius 1 is 1.11 bits per heavy atom. The number of nitrogens with zero attached hydrogens (tertiary/aromatic N) is 2. The van der Waals surface area contributed by atoms with Crippen molar-refractivity contribution >= 4 is 21.6 Å². The molecule has 0 bridgehead atoms. The summed E-state index contributed by atoms with van der Waals surface area (Å²) >= 11 is 1.39. The van der Waals surface area contributed by atoms with Crippen LogP contribution in [0.25, 0.3) is 15.8 Å². The predicted octanol–water partition coefficient (Wildman–Crippen LogP) is 2.92. The largest absolute Gasteiger partial charge is 0.273 e. The fraction of sp³-hybridized carbons (Fsp3) is 0. The van der Waals surface area contributed by atoms with Crippen molar-refractivity contribution in [1.82, 2.24) is 3.96 Å². The monoisotopic (exact) mass is 252 g/mol. The Morgan fingerprint density at radius 3 is 2.72 bits per heavy atom. The second kappa shape index (κ2) is 4.13.